The molecule has 1 aliphatic heterocycles. The van der Waals surface area contributed by atoms with Crippen LogP contribution in [0.4, 0.5) is 33.5 Å². The van der Waals surface area contributed by atoms with Crippen LogP contribution in [0.5, 0.6) is 5.75 Å². The molecule has 6 nitrogen and oxygen atoms in total. The number of pyridine rings is 1. The van der Waals surface area contributed by atoms with Crippen molar-refractivity contribution in [2.45, 2.75) is 12.8 Å². The topological polar surface area (TPSA) is 57.7 Å². The van der Waals surface area contributed by atoms with Crippen LogP contribution in [-0.4, -0.2) is 55.1 Å². The van der Waals surface area contributed by atoms with Gasteiger partial charge >= 0.3 is 12.8 Å². The van der Waals surface area contributed by atoms with E-state index in [1.54, 1.807) is 4.90 Å². The average molecular weight is 499 g/mol. The molecule has 13 heteroatoms. The fraction of sp³-hybridized carbons (Fsp3) is 0.368. The fourth-order valence-electron chi connectivity index (χ4n) is 3.11. The number of aromatic nitrogens is 1. The molecule has 1 aromatic heterocycles. The third-order valence-corrected chi connectivity index (χ3v) is 5.19. The molecule has 0 bridgehead atoms. The first-order valence-corrected chi connectivity index (χ1v) is 10.0. The molecule has 174 valence electrons. The third-order valence-electron chi connectivity index (χ3n) is 4.62. The van der Waals surface area contributed by atoms with Gasteiger partial charge in [-0.2, -0.15) is 22.0 Å². The molecule has 1 fully saturated rings. The van der Waals surface area contributed by atoms with Crippen molar-refractivity contribution in [1.82, 2.24) is 9.88 Å². The zero-order valence-corrected chi connectivity index (χ0v) is 17.8. The minimum atomic E-state index is -4.53. The Morgan fingerprint density at radius 2 is 1.81 bits per heavy atom. The Kier molecular flexibility index (Phi) is 7.63. The second kappa shape index (κ2) is 10.1. The number of alkyl halides is 5. The molecule has 2 heterocycles. The molecule has 0 aliphatic carbocycles. The van der Waals surface area contributed by atoms with E-state index in [1.807, 2.05) is 4.90 Å². The zero-order valence-electron chi connectivity index (χ0n) is 16.3. The van der Waals surface area contributed by atoms with Crippen LogP contribution >= 0.6 is 23.2 Å². The summed E-state index contributed by atoms with van der Waals surface area (Å²) in [7, 11) is 0. The van der Waals surface area contributed by atoms with Crippen LogP contribution in [0.3, 0.4) is 0 Å². The number of hydrogen-bond acceptors (Lipinski definition) is 5. The Morgan fingerprint density at radius 1 is 1.12 bits per heavy atom. The molecule has 0 saturated carbocycles. The van der Waals surface area contributed by atoms with E-state index in [4.69, 9.17) is 23.2 Å². The molecular weight excluding hydrogens is 482 g/mol. The van der Waals surface area contributed by atoms with Gasteiger partial charge in [-0.1, -0.05) is 23.2 Å². The summed E-state index contributed by atoms with van der Waals surface area (Å²) in [5.74, 6) is -0.293. The summed E-state index contributed by atoms with van der Waals surface area (Å²) in [6.45, 7) is -1.23. The molecule has 1 amide bonds. The number of amides is 1. The first-order chi connectivity index (χ1) is 15.0. The zero-order chi connectivity index (χ0) is 23.5. The molecule has 0 spiro atoms. The lowest BCUT2D eigenvalue weighted by atomic mass is 10.2. The normalized spacial score (nSPS) is 15.2. The van der Waals surface area contributed by atoms with Crippen molar-refractivity contribution in [2.75, 3.05) is 42.9 Å². The predicted molar refractivity (Wildman–Crippen MR) is 110 cm³/mol. The molecule has 0 unspecified atom stereocenters. The van der Waals surface area contributed by atoms with E-state index in [9.17, 15) is 26.7 Å². The van der Waals surface area contributed by atoms with Crippen molar-refractivity contribution in [1.29, 1.82) is 0 Å². The van der Waals surface area contributed by atoms with Gasteiger partial charge in [0.15, 0.2) is 0 Å². The molecule has 1 aliphatic rings. The molecule has 3 rings (SSSR count). The Labute approximate surface area is 189 Å². The highest BCUT2D eigenvalue weighted by molar-refractivity contribution is 6.33. The smallest absolute Gasteiger partial charge is 0.417 e. The number of carbonyl (C=O) groups excluding carboxylic acids is 1. The SMILES string of the molecule is O=C(CN1CCN(c2ncc(C(F)(F)F)cc2Cl)CC1)Nc1ccc(OC(F)F)c(Cl)c1. The van der Waals surface area contributed by atoms with Gasteiger partial charge in [0.05, 0.1) is 22.2 Å². The summed E-state index contributed by atoms with van der Waals surface area (Å²) >= 11 is 11.9. The summed E-state index contributed by atoms with van der Waals surface area (Å²) in [4.78, 5) is 19.7. The first-order valence-electron chi connectivity index (χ1n) is 9.27. The number of nitrogens with one attached hydrogen (secondary N) is 1. The number of hydrogen-bond donors (Lipinski definition) is 1. The van der Waals surface area contributed by atoms with Crippen LogP contribution in [0.15, 0.2) is 30.5 Å². The van der Waals surface area contributed by atoms with Crippen molar-refractivity contribution in [2.24, 2.45) is 0 Å². The highest BCUT2D eigenvalue weighted by atomic mass is 35.5. The average Bonchev–Trinajstić information content (AvgIpc) is 2.70. The van der Waals surface area contributed by atoms with Crippen LogP contribution in [0, 0.1) is 0 Å². The maximum absolute atomic E-state index is 12.8. The number of piperazine rings is 1. The minimum Gasteiger partial charge on any atom is -0.433 e. The maximum Gasteiger partial charge on any atom is 0.417 e. The lowest BCUT2D eigenvalue weighted by Crippen LogP contribution is -2.49. The monoisotopic (exact) mass is 498 g/mol. The van der Waals surface area contributed by atoms with E-state index in [0.717, 1.165) is 12.3 Å². The number of halogens is 7. The maximum atomic E-state index is 12.8. The third kappa shape index (κ3) is 6.33. The second-order valence-corrected chi connectivity index (χ2v) is 7.68. The highest BCUT2D eigenvalue weighted by Gasteiger charge is 2.32. The van der Waals surface area contributed by atoms with Crippen molar-refractivity contribution in [3.63, 3.8) is 0 Å². The largest absolute Gasteiger partial charge is 0.433 e. The van der Waals surface area contributed by atoms with Crippen LogP contribution in [-0.2, 0) is 11.0 Å². The Bertz CT molecular complexity index is 969. The van der Waals surface area contributed by atoms with Gasteiger partial charge in [0.1, 0.15) is 11.6 Å². The molecule has 1 saturated heterocycles. The van der Waals surface area contributed by atoms with Gasteiger partial charge in [-0.15, -0.1) is 0 Å². The van der Waals surface area contributed by atoms with E-state index in [0.29, 0.717) is 31.9 Å². The summed E-state index contributed by atoms with van der Waals surface area (Å²) in [5, 5.41) is 2.45. The molecule has 1 N–H and O–H groups in total. The molecular formula is C19H17Cl2F5N4O2. The lowest BCUT2D eigenvalue weighted by Gasteiger charge is -2.35. The van der Waals surface area contributed by atoms with Crippen molar-refractivity contribution < 1.29 is 31.5 Å². The highest BCUT2D eigenvalue weighted by Crippen LogP contribution is 2.34. The van der Waals surface area contributed by atoms with Crippen molar-refractivity contribution in [3.8, 4) is 5.75 Å². The van der Waals surface area contributed by atoms with Gasteiger partial charge in [0, 0.05) is 38.1 Å². The van der Waals surface area contributed by atoms with Crippen LogP contribution < -0.4 is 15.0 Å². The van der Waals surface area contributed by atoms with E-state index in [-0.39, 0.29) is 34.1 Å². The fourth-order valence-corrected chi connectivity index (χ4v) is 3.62. The molecule has 0 atom stereocenters. The van der Waals surface area contributed by atoms with Gasteiger partial charge in [-0.25, -0.2) is 4.98 Å². The summed E-state index contributed by atoms with van der Waals surface area (Å²) < 4.78 is 67.1. The summed E-state index contributed by atoms with van der Waals surface area (Å²) in [6, 6.07) is 4.75. The van der Waals surface area contributed by atoms with E-state index in [1.165, 1.54) is 18.2 Å². The Hall–Kier alpha value is -2.37. The molecule has 32 heavy (non-hydrogen) atoms. The van der Waals surface area contributed by atoms with Gasteiger partial charge in [-0.05, 0) is 24.3 Å². The van der Waals surface area contributed by atoms with Crippen LogP contribution in [0.2, 0.25) is 10.0 Å². The number of benzene rings is 1. The second-order valence-electron chi connectivity index (χ2n) is 6.86. The minimum absolute atomic E-state index is 0.0505. The van der Waals surface area contributed by atoms with Crippen molar-refractivity contribution >= 4 is 40.6 Å². The molecule has 0 radical (unpaired) electrons. The van der Waals surface area contributed by atoms with Gasteiger partial charge < -0.3 is 15.0 Å². The number of ether oxygens (including phenoxy) is 1. The van der Waals surface area contributed by atoms with E-state index >= 15 is 0 Å². The van der Waals surface area contributed by atoms with Crippen LogP contribution in [0.25, 0.3) is 0 Å². The molecule has 1 aromatic carbocycles. The van der Waals surface area contributed by atoms with Gasteiger partial charge in [0.2, 0.25) is 5.91 Å². The quantitative estimate of drug-likeness (QED) is 0.581. The van der Waals surface area contributed by atoms with E-state index in [2.05, 4.69) is 15.0 Å². The molecule has 2 aromatic rings. The standard InChI is InChI=1S/C19H17Cl2F5N4O2/c20-13-8-12(1-2-15(13)32-18(22)23)28-16(31)10-29-3-5-30(6-4-29)17-14(21)7-11(9-27-17)19(24,25)26/h1-2,7-9,18H,3-6,10H2,(H,28,31). The van der Waals surface area contributed by atoms with Gasteiger partial charge in [-0.3, -0.25) is 9.69 Å². The summed E-state index contributed by atoms with van der Waals surface area (Å²) in [6.07, 6.45) is -3.79. The van der Waals surface area contributed by atoms with Crippen LogP contribution in [0.1, 0.15) is 5.56 Å². The summed E-state index contributed by atoms with van der Waals surface area (Å²) in [5.41, 5.74) is -0.601. The van der Waals surface area contributed by atoms with Gasteiger partial charge in [0.25, 0.3) is 0 Å². The van der Waals surface area contributed by atoms with E-state index < -0.39 is 18.4 Å². The number of anilines is 2. The number of rotatable bonds is 6. The number of carbonyl (C=O) groups is 1. The Morgan fingerprint density at radius 3 is 2.38 bits per heavy atom. The number of nitrogens with zero attached hydrogens (tertiary/aromatic N) is 3. The first kappa shape index (κ1) is 24.3. The van der Waals surface area contributed by atoms with Crippen molar-refractivity contribution in [3.05, 3.63) is 46.1 Å². The predicted octanol–water partition coefficient (Wildman–Crippen LogP) is 4.77. The lowest BCUT2D eigenvalue weighted by molar-refractivity contribution is -0.137. The Balaban J connectivity index is 1.52.